The third-order valence-electron chi connectivity index (χ3n) is 4.25. The average Bonchev–Trinajstić information content (AvgIpc) is 3.01. The smallest absolute Gasteiger partial charge is 0.264 e. The number of carbonyl (C=O) groups excluding carboxylic acids is 2. The van der Waals surface area contributed by atoms with Crippen LogP contribution in [0.3, 0.4) is 0 Å². The lowest BCUT2D eigenvalue weighted by Crippen LogP contribution is -2.34. The Balaban J connectivity index is 1.77. The number of thiophene rings is 1. The van der Waals surface area contributed by atoms with E-state index >= 15 is 0 Å². The molecular formula is C20H18N4O3S. The van der Waals surface area contributed by atoms with Gasteiger partial charge in [-0.1, -0.05) is 12.0 Å². The van der Waals surface area contributed by atoms with Gasteiger partial charge in [0, 0.05) is 25.3 Å². The Morgan fingerprint density at radius 2 is 2.14 bits per heavy atom. The lowest BCUT2D eigenvalue weighted by Gasteiger charge is -2.16. The molecule has 8 heteroatoms. The van der Waals surface area contributed by atoms with Crippen LogP contribution >= 0.6 is 11.3 Å². The molecule has 0 aliphatic heterocycles. The zero-order valence-electron chi connectivity index (χ0n) is 15.6. The van der Waals surface area contributed by atoms with E-state index in [4.69, 9.17) is 6.42 Å². The Bertz CT molecular complexity index is 1190. The van der Waals surface area contributed by atoms with Crippen LogP contribution in [0.4, 0.5) is 5.69 Å². The van der Waals surface area contributed by atoms with Crippen LogP contribution in [0, 0.1) is 19.3 Å². The van der Waals surface area contributed by atoms with Crippen LogP contribution < -0.4 is 10.9 Å². The van der Waals surface area contributed by atoms with Crippen molar-refractivity contribution in [3.63, 3.8) is 0 Å². The zero-order valence-corrected chi connectivity index (χ0v) is 16.5. The van der Waals surface area contributed by atoms with Crippen molar-refractivity contribution in [3.8, 4) is 12.3 Å². The van der Waals surface area contributed by atoms with Crippen molar-refractivity contribution in [1.29, 1.82) is 0 Å². The SMILES string of the molecule is C#Cc1cccc(NC(=O)CN(C)C(=O)c2sc3ncn(C)c(=O)c3c2C)c1. The molecule has 28 heavy (non-hydrogen) atoms. The van der Waals surface area contributed by atoms with Gasteiger partial charge in [-0.3, -0.25) is 14.4 Å². The quantitative estimate of drug-likeness (QED) is 0.686. The highest BCUT2D eigenvalue weighted by Crippen LogP contribution is 2.27. The molecule has 3 aromatic rings. The van der Waals surface area contributed by atoms with Crippen LogP contribution in [0.15, 0.2) is 35.4 Å². The molecule has 0 aliphatic rings. The molecule has 3 rings (SSSR count). The molecule has 0 radical (unpaired) electrons. The average molecular weight is 394 g/mol. The van der Waals surface area contributed by atoms with Gasteiger partial charge in [-0.2, -0.15) is 0 Å². The maximum absolute atomic E-state index is 12.8. The molecule has 0 unspecified atom stereocenters. The van der Waals surface area contributed by atoms with Crippen LogP contribution in [0.1, 0.15) is 20.8 Å². The van der Waals surface area contributed by atoms with E-state index in [9.17, 15) is 14.4 Å². The zero-order chi connectivity index (χ0) is 20.4. The Labute approximate surface area is 165 Å². The van der Waals surface area contributed by atoms with Gasteiger partial charge in [-0.25, -0.2) is 4.98 Å². The van der Waals surface area contributed by atoms with Gasteiger partial charge in [0.2, 0.25) is 5.91 Å². The Morgan fingerprint density at radius 3 is 2.86 bits per heavy atom. The van der Waals surface area contributed by atoms with E-state index in [1.165, 1.54) is 22.8 Å². The number of anilines is 1. The van der Waals surface area contributed by atoms with Gasteiger partial charge in [-0.15, -0.1) is 17.8 Å². The Kier molecular flexibility index (Phi) is 5.29. The summed E-state index contributed by atoms with van der Waals surface area (Å²) in [6.07, 6.45) is 6.78. The molecule has 0 atom stereocenters. The van der Waals surface area contributed by atoms with Crippen molar-refractivity contribution in [1.82, 2.24) is 14.5 Å². The summed E-state index contributed by atoms with van der Waals surface area (Å²) in [7, 11) is 3.15. The number of carbonyl (C=O) groups is 2. The first-order valence-electron chi connectivity index (χ1n) is 8.38. The second-order valence-corrected chi connectivity index (χ2v) is 7.33. The highest BCUT2D eigenvalue weighted by atomic mass is 32.1. The molecule has 2 aromatic heterocycles. The Morgan fingerprint density at radius 1 is 1.39 bits per heavy atom. The van der Waals surface area contributed by atoms with Crippen LogP contribution in [0.25, 0.3) is 10.2 Å². The molecule has 142 valence electrons. The van der Waals surface area contributed by atoms with Crippen molar-refractivity contribution in [2.24, 2.45) is 7.05 Å². The van der Waals surface area contributed by atoms with Gasteiger partial charge in [0.15, 0.2) is 0 Å². The van der Waals surface area contributed by atoms with Gasteiger partial charge in [0.1, 0.15) is 4.83 Å². The maximum atomic E-state index is 12.8. The number of nitrogens with zero attached hydrogens (tertiary/aromatic N) is 3. The number of benzene rings is 1. The second kappa shape index (κ2) is 7.66. The maximum Gasteiger partial charge on any atom is 0.264 e. The topological polar surface area (TPSA) is 84.3 Å². The van der Waals surface area contributed by atoms with E-state index in [2.05, 4.69) is 16.2 Å². The fraction of sp³-hybridized carbons (Fsp3) is 0.200. The van der Waals surface area contributed by atoms with Gasteiger partial charge < -0.3 is 14.8 Å². The normalized spacial score (nSPS) is 10.5. The summed E-state index contributed by atoms with van der Waals surface area (Å²) in [6.45, 7) is 1.58. The van der Waals surface area contributed by atoms with Crippen molar-refractivity contribution in [2.75, 3.05) is 18.9 Å². The molecule has 0 bridgehead atoms. The van der Waals surface area contributed by atoms with E-state index in [0.29, 0.717) is 31.9 Å². The number of aromatic nitrogens is 2. The second-order valence-electron chi connectivity index (χ2n) is 6.33. The standard InChI is InChI=1S/C20H18N4O3S/c1-5-13-7-6-8-14(9-13)22-15(25)10-23(3)20(27)17-12(2)16-18(28-17)21-11-24(4)19(16)26/h1,6-9,11H,10H2,2-4H3,(H,22,25). The van der Waals surface area contributed by atoms with Crippen molar-refractivity contribution >= 4 is 39.1 Å². The minimum atomic E-state index is -0.349. The molecule has 7 nitrogen and oxygen atoms in total. The summed E-state index contributed by atoms with van der Waals surface area (Å²) in [5, 5.41) is 3.15. The number of amides is 2. The first-order valence-corrected chi connectivity index (χ1v) is 9.20. The van der Waals surface area contributed by atoms with Gasteiger partial charge in [-0.05, 0) is 30.7 Å². The lowest BCUT2D eigenvalue weighted by molar-refractivity contribution is -0.116. The lowest BCUT2D eigenvalue weighted by atomic mass is 10.2. The highest BCUT2D eigenvalue weighted by Gasteiger charge is 2.23. The predicted octanol–water partition coefficient (Wildman–Crippen LogP) is 2.00. The summed E-state index contributed by atoms with van der Waals surface area (Å²) in [5.41, 5.74) is 1.59. The van der Waals surface area contributed by atoms with Crippen LogP contribution in [-0.2, 0) is 11.8 Å². The number of nitrogens with one attached hydrogen (secondary N) is 1. The summed E-state index contributed by atoms with van der Waals surface area (Å²) >= 11 is 1.15. The summed E-state index contributed by atoms with van der Waals surface area (Å²) in [6, 6.07) is 6.90. The first kappa shape index (κ1) is 19.3. The number of rotatable bonds is 4. The van der Waals surface area contributed by atoms with E-state index in [-0.39, 0.29) is 23.9 Å². The molecule has 0 spiro atoms. The van der Waals surface area contributed by atoms with E-state index in [1.54, 1.807) is 38.2 Å². The molecular weight excluding hydrogens is 376 g/mol. The van der Waals surface area contributed by atoms with E-state index in [1.807, 2.05) is 0 Å². The van der Waals surface area contributed by atoms with Crippen LogP contribution in [0.2, 0.25) is 0 Å². The minimum Gasteiger partial charge on any atom is -0.332 e. The summed E-state index contributed by atoms with van der Waals surface area (Å²) in [5.74, 6) is 1.81. The molecule has 1 aromatic carbocycles. The van der Waals surface area contributed by atoms with Gasteiger partial charge in [0.05, 0.1) is 23.1 Å². The number of hydrogen-bond acceptors (Lipinski definition) is 5. The van der Waals surface area contributed by atoms with Crippen molar-refractivity contribution in [3.05, 3.63) is 57.0 Å². The molecule has 2 heterocycles. The van der Waals surface area contributed by atoms with Crippen molar-refractivity contribution in [2.45, 2.75) is 6.92 Å². The first-order chi connectivity index (χ1) is 13.3. The minimum absolute atomic E-state index is 0.141. The molecule has 0 aliphatic carbocycles. The van der Waals surface area contributed by atoms with Crippen molar-refractivity contribution < 1.29 is 9.59 Å². The van der Waals surface area contributed by atoms with Gasteiger partial charge in [0.25, 0.3) is 11.5 Å². The third-order valence-corrected chi connectivity index (χ3v) is 5.43. The monoisotopic (exact) mass is 394 g/mol. The molecule has 0 fully saturated rings. The fourth-order valence-electron chi connectivity index (χ4n) is 2.76. The van der Waals surface area contributed by atoms with Crippen LogP contribution in [0.5, 0.6) is 0 Å². The third kappa shape index (κ3) is 3.66. The summed E-state index contributed by atoms with van der Waals surface area (Å²) in [4.78, 5) is 43.8. The Hall–Kier alpha value is -3.44. The number of likely N-dealkylation sites (N-methyl/N-ethyl adjacent to an activating group) is 1. The number of aryl methyl sites for hydroxylation is 2. The number of fused-ring (bicyclic) bond motifs is 1. The van der Waals surface area contributed by atoms with E-state index in [0.717, 1.165) is 11.3 Å². The summed E-state index contributed by atoms with van der Waals surface area (Å²) < 4.78 is 1.37. The number of hydrogen-bond donors (Lipinski definition) is 1. The molecule has 2 amide bonds. The number of terminal acetylenes is 1. The molecule has 0 saturated heterocycles. The van der Waals surface area contributed by atoms with Gasteiger partial charge >= 0.3 is 0 Å². The van der Waals surface area contributed by atoms with Crippen LogP contribution in [-0.4, -0.2) is 39.9 Å². The molecule has 1 N–H and O–H groups in total. The predicted molar refractivity (Wildman–Crippen MR) is 110 cm³/mol. The highest BCUT2D eigenvalue weighted by molar-refractivity contribution is 7.20. The largest absolute Gasteiger partial charge is 0.332 e. The molecule has 0 saturated carbocycles. The van der Waals surface area contributed by atoms with E-state index < -0.39 is 0 Å². The fourth-order valence-corrected chi connectivity index (χ4v) is 3.89.